The first-order chi connectivity index (χ1) is 13.4. The minimum absolute atomic E-state index is 0.130. The lowest BCUT2D eigenvalue weighted by Crippen LogP contribution is -2.49. The van der Waals surface area contributed by atoms with Crippen LogP contribution in [0.5, 0.6) is 5.75 Å². The second kappa shape index (κ2) is 7.87. The molecule has 0 spiro atoms. The Morgan fingerprint density at radius 1 is 1.11 bits per heavy atom. The maximum absolute atomic E-state index is 14.3. The maximum atomic E-state index is 14.3. The lowest BCUT2D eigenvalue weighted by atomic mass is 9.95. The topological polar surface area (TPSA) is 51.2 Å². The van der Waals surface area contributed by atoms with E-state index in [1.54, 1.807) is 25.2 Å². The number of carbonyl (C=O) groups is 1. The van der Waals surface area contributed by atoms with Gasteiger partial charge in [-0.25, -0.2) is 4.39 Å². The van der Waals surface area contributed by atoms with Crippen molar-refractivity contribution in [3.05, 3.63) is 53.8 Å². The minimum Gasteiger partial charge on any atom is -0.494 e. The van der Waals surface area contributed by atoms with Gasteiger partial charge in [-0.3, -0.25) is 14.6 Å². The van der Waals surface area contributed by atoms with E-state index in [9.17, 15) is 9.18 Å². The van der Waals surface area contributed by atoms with E-state index in [1.165, 1.54) is 24.1 Å². The SMILES string of the molecule is COc1ccc(N2C(=O)C(CC(OC)(OC)N(C)C)c3ccccc32)cc1F. The fraction of sp³-hybridized carbons (Fsp3) is 0.381. The highest BCUT2D eigenvalue weighted by atomic mass is 19.1. The molecule has 7 heteroatoms. The van der Waals surface area contributed by atoms with Crippen molar-refractivity contribution in [2.24, 2.45) is 0 Å². The Hall–Kier alpha value is -2.48. The first kappa shape index (κ1) is 20.3. The Balaban J connectivity index is 2.04. The molecule has 1 amide bonds. The van der Waals surface area contributed by atoms with Crippen LogP contribution in [0.2, 0.25) is 0 Å². The average Bonchev–Trinajstić information content (AvgIpc) is 2.97. The molecular weight excluding hydrogens is 363 g/mol. The molecule has 0 aliphatic carbocycles. The van der Waals surface area contributed by atoms with Crippen molar-refractivity contribution in [2.75, 3.05) is 40.3 Å². The predicted molar refractivity (Wildman–Crippen MR) is 104 cm³/mol. The summed E-state index contributed by atoms with van der Waals surface area (Å²) in [5, 5.41) is 0. The lowest BCUT2D eigenvalue weighted by molar-refractivity contribution is -0.287. The van der Waals surface area contributed by atoms with E-state index >= 15 is 0 Å². The van der Waals surface area contributed by atoms with E-state index < -0.39 is 17.6 Å². The van der Waals surface area contributed by atoms with Gasteiger partial charge in [-0.2, -0.15) is 0 Å². The molecule has 28 heavy (non-hydrogen) atoms. The number of hydrogen-bond acceptors (Lipinski definition) is 5. The number of halogens is 1. The van der Waals surface area contributed by atoms with E-state index in [0.717, 1.165) is 11.3 Å². The van der Waals surface area contributed by atoms with Gasteiger partial charge in [0.1, 0.15) is 0 Å². The van der Waals surface area contributed by atoms with E-state index in [0.29, 0.717) is 5.69 Å². The zero-order chi connectivity index (χ0) is 20.5. The number of fused-ring (bicyclic) bond motifs is 1. The Bertz CT molecular complexity index is 867. The highest BCUT2D eigenvalue weighted by molar-refractivity contribution is 6.10. The van der Waals surface area contributed by atoms with Crippen LogP contribution in [-0.2, 0) is 14.3 Å². The van der Waals surface area contributed by atoms with Gasteiger partial charge in [0.2, 0.25) is 11.8 Å². The van der Waals surface area contributed by atoms with Crippen molar-refractivity contribution >= 4 is 17.3 Å². The highest BCUT2D eigenvalue weighted by Gasteiger charge is 2.45. The van der Waals surface area contributed by atoms with Crippen LogP contribution >= 0.6 is 0 Å². The molecule has 150 valence electrons. The number of amides is 1. The van der Waals surface area contributed by atoms with Gasteiger partial charge in [-0.15, -0.1) is 0 Å². The molecule has 3 rings (SSSR count). The summed E-state index contributed by atoms with van der Waals surface area (Å²) < 4.78 is 30.5. The summed E-state index contributed by atoms with van der Waals surface area (Å²) in [6.07, 6.45) is 0.290. The van der Waals surface area contributed by atoms with Gasteiger partial charge in [0, 0.05) is 26.7 Å². The van der Waals surface area contributed by atoms with Crippen molar-refractivity contribution in [3.8, 4) is 5.75 Å². The third kappa shape index (κ3) is 3.26. The van der Waals surface area contributed by atoms with Crippen molar-refractivity contribution in [3.63, 3.8) is 0 Å². The van der Waals surface area contributed by atoms with Crippen LogP contribution in [0.4, 0.5) is 15.8 Å². The van der Waals surface area contributed by atoms with Crippen molar-refractivity contribution in [2.45, 2.75) is 18.2 Å². The number of nitrogens with zero attached hydrogens (tertiary/aromatic N) is 2. The summed E-state index contributed by atoms with van der Waals surface area (Å²) in [7, 11) is 8.15. The molecule has 2 aromatic rings. The van der Waals surface area contributed by atoms with Gasteiger partial charge in [0.05, 0.1) is 24.4 Å². The number of rotatable bonds is 7. The zero-order valence-corrected chi connectivity index (χ0v) is 16.7. The van der Waals surface area contributed by atoms with E-state index in [2.05, 4.69) is 0 Å². The molecule has 0 saturated heterocycles. The molecular formula is C21H25FN2O4. The van der Waals surface area contributed by atoms with Gasteiger partial charge >= 0.3 is 0 Å². The Kier molecular flexibility index (Phi) is 5.69. The predicted octanol–water partition coefficient (Wildman–Crippen LogP) is 3.49. The fourth-order valence-corrected chi connectivity index (χ4v) is 3.71. The van der Waals surface area contributed by atoms with Gasteiger partial charge in [0.25, 0.3) is 0 Å². The van der Waals surface area contributed by atoms with Crippen molar-refractivity contribution < 1.29 is 23.4 Å². The first-order valence-electron chi connectivity index (χ1n) is 8.92. The summed E-state index contributed by atoms with van der Waals surface area (Å²) in [4.78, 5) is 16.7. The summed E-state index contributed by atoms with van der Waals surface area (Å²) in [5.41, 5.74) is 2.02. The minimum atomic E-state index is -1.06. The Morgan fingerprint density at radius 2 is 1.79 bits per heavy atom. The second-order valence-corrected chi connectivity index (χ2v) is 6.82. The molecule has 1 unspecified atom stereocenters. The van der Waals surface area contributed by atoms with Crippen molar-refractivity contribution in [1.82, 2.24) is 4.90 Å². The number of methoxy groups -OCH3 is 3. The van der Waals surface area contributed by atoms with Crippen LogP contribution in [0, 0.1) is 5.82 Å². The summed E-state index contributed by atoms with van der Waals surface area (Å²) in [6.45, 7) is 0. The molecule has 1 aliphatic heterocycles. The highest BCUT2D eigenvalue weighted by Crippen LogP contribution is 2.46. The van der Waals surface area contributed by atoms with Gasteiger partial charge in [-0.1, -0.05) is 18.2 Å². The average molecular weight is 388 g/mol. The molecule has 1 heterocycles. The zero-order valence-electron chi connectivity index (χ0n) is 16.7. The third-order valence-electron chi connectivity index (χ3n) is 5.25. The molecule has 2 aromatic carbocycles. The Labute approximate surface area is 164 Å². The molecule has 6 nitrogen and oxygen atoms in total. The summed E-state index contributed by atoms with van der Waals surface area (Å²) in [6, 6.07) is 12.0. The van der Waals surface area contributed by atoms with Crippen LogP contribution in [-0.4, -0.2) is 52.1 Å². The lowest BCUT2D eigenvalue weighted by Gasteiger charge is -2.38. The molecule has 0 saturated carbocycles. The number of benzene rings is 2. The van der Waals surface area contributed by atoms with Crippen LogP contribution in [0.1, 0.15) is 17.9 Å². The maximum Gasteiger partial charge on any atom is 0.239 e. The monoisotopic (exact) mass is 388 g/mol. The largest absolute Gasteiger partial charge is 0.494 e. The summed E-state index contributed by atoms with van der Waals surface area (Å²) in [5.74, 6) is -2.11. The van der Waals surface area contributed by atoms with Crippen LogP contribution < -0.4 is 9.64 Å². The van der Waals surface area contributed by atoms with E-state index in [1.807, 2.05) is 38.4 Å². The molecule has 0 fully saturated rings. The van der Waals surface area contributed by atoms with Crippen molar-refractivity contribution in [1.29, 1.82) is 0 Å². The quantitative estimate of drug-likeness (QED) is 0.680. The first-order valence-corrected chi connectivity index (χ1v) is 8.92. The van der Waals surface area contributed by atoms with Crippen LogP contribution in [0.3, 0.4) is 0 Å². The molecule has 0 N–H and O–H groups in total. The molecule has 1 atom stereocenters. The fourth-order valence-electron chi connectivity index (χ4n) is 3.71. The van der Waals surface area contributed by atoms with E-state index in [-0.39, 0.29) is 18.1 Å². The van der Waals surface area contributed by atoms with Crippen LogP contribution in [0.25, 0.3) is 0 Å². The molecule has 1 aliphatic rings. The number of anilines is 2. The molecule has 0 aromatic heterocycles. The number of carbonyl (C=O) groups excluding carboxylic acids is 1. The van der Waals surface area contributed by atoms with Gasteiger partial charge in [0.15, 0.2) is 11.6 Å². The molecule has 0 bridgehead atoms. The number of hydrogen-bond donors (Lipinski definition) is 0. The standard InChI is InChI=1S/C21H25FN2O4/c1-23(2)21(27-4,28-5)13-16-15-8-6-7-9-18(15)24(20(16)25)14-10-11-19(26-3)17(22)12-14/h6-12,16H,13H2,1-5H3. The number of para-hydroxylation sites is 1. The van der Waals surface area contributed by atoms with Gasteiger partial charge < -0.3 is 14.2 Å². The third-order valence-corrected chi connectivity index (χ3v) is 5.25. The smallest absolute Gasteiger partial charge is 0.239 e. The number of ether oxygens (including phenoxy) is 3. The summed E-state index contributed by atoms with van der Waals surface area (Å²) >= 11 is 0. The van der Waals surface area contributed by atoms with E-state index in [4.69, 9.17) is 14.2 Å². The second-order valence-electron chi connectivity index (χ2n) is 6.82. The molecule has 0 radical (unpaired) electrons. The normalized spacial score (nSPS) is 16.6. The Morgan fingerprint density at radius 3 is 2.36 bits per heavy atom. The van der Waals surface area contributed by atoms with Crippen LogP contribution in [0.15, 0.2) is 42.5 Å². The van der Waals surface area contributed by atoms with Gasteiger partial charge in [-0.05, 0) is 37.9 Å².